The van der Waals surface area contributed by atoms with Gasteiger partial charge in [0.15, 0.2) is 0 Å². The van der Waals surface area contributed by atoms with E-state index in [2.05, 4.69) is 5.10 Å². The molecular weight excluding hydrogens is 196 g/mol. The van der Waals surface area contributed by atoms with Gasteiger partial charge in [-0.15, -0.1) is 0 Å². The number of carboxylic acids is 1. The van der Waals surface area contributed by atoms with E-state index in [1.165, 1.54) is 10.9 Å². The topological polar surface area (TPSA) is 75.1 Å². The molecule has 0 aliphatic rings. The average molecular weight is 204 g/mol. The second-order valence-electron chi connectivity index (χ2n) is 2.97. The maximum absolute atomic E-state index is 11.6. The summed E-state index contributed by atoms with van der Waals surface area (Å²) >= 11 is 0. The molecule has 0 unspecified atom stereocenters. The molecule has 5 nitrogen and oxygen atoms in total. The molecule has 2 N–H and O–H groups in total. The number of hydrogen-bond donors (Lipinski definition) is 2. The van der Waals surface area contributed by atoms with Crippen molar-refractivity contribution >= 4 is 5.97 Å². The number of nitrogens with one attached hydrogen (secondary N) is 1. The van der Waals surface area contributed by atoms with Crippen LogP contribution < -0.4 is 5.56 Å². The monoisotopic (exact) mass is 204 g/mol. The third kappa shape index (κ3) is 1.54. The van der Waals surface area contributed by atoms with Gasteiger partial charge >= 0.3 is 5.97 Å². The summed E-state index contributed by atoms with van der Waals surface area (Å²) in [6.07, 6.45) is 1.18. The van der Waals surface area contributed by atoms with Crippen molar-refractivity contribution < 1.29 is 9.90 Å². The summed E-state index contributed by atoms with van der Waals surface area (Å²) in [5, 5.41) is 11.3. The molecule has 0 saturated heterocycles. The zero-order chi connectivity index (χ0) is 10.8. The third-order valence-corrected chi connectivity index (χ3v) is 2.02. The number of para-hydroxylation sites is 1. The molecule has 5 heteroatoms. The first-order valence-electron chi connectivity index (χ1n) is 4.29. The Labute approximate surface area is 84.6 Å². The molecule has 1 aromatic heterocycles. The second-order valence-corrected chi connectivity index (χ2v) is 2.97. The molecule has 0 atom stereocenters. The van der Waals surface area contributed by atoms with Crippen LogP contribution in [0.5, 0.6) is 0 Å². The fraction of sp³-hybridized carbons (Fsp3) is 0. The lowest BCUT2D eigenvalue weighted by atomic mass is 10.3. The van der Waals surface area contributed by atoms with E-state index in [1.807, 2.05) is 6.07 Å². The van der Waals surface area contributed by atoms with Crippen LogP contribution >= 0.6 is 0 Å². The molecule has 2 rings (SSSR count). The Kier molecular flexibility index (Phi) is 2.13. The van der Waals surface area contributed by atoms with Gasteiger partial charge in [0.25, 0.3) is 5.56 Å². The fourth-order valence-electron chi connectivity index (χ4n) is 1.29. The van der Waals surface area contributed by atoms with Crippen LogP contribution in [-0.2, 0) is 0 Å². The summed E-state index contributed by atoms with van der Waals surface area (Å²) in [5.74, 6) is -1.23. The summed E-state index contributed by atoms with van der Waals surface area (Å²) in [7, 11) is 0. The predicted octanol–water partition coefficient (Wildman–Crippen LogP) is 0.864. The molecule has 15 heavy (non-hydrogen) atoms. The first-order valence-corrected chi connectivity index (χ1v) is 4.29. The van der Waals surface area contributed by atoms with Crippen LogP contribution in [0.3, 0.4) is 0 Å². The SMILES string of the molecule is O=C(O)c1c[nH]n(-c2ccccc2)c1=O. The number of carbonyl (C=O) groups is 1. The zero-order valence-electron chi connectivity index (χ0n) is 7.68. The van der Waals surface area contributed by atoms with Crippen molar-refractivity contribution in [3.05, 3.63) is 52.4 Å². The summed E-state index contributed by atoms with van der Waals surface area (Å²) in [6, 6.07) is 8.77. The molecule has 0 amide bonds. The fourth-order valence-corrected chi connectivity index (χ4v) is 1.29. The lowest BCUT2D eigenvalue weighted by Crippen LogP contribution is -2.19. The number of aromatic nitrogens is 2. The van der Waals surface area contributed by atoms with E-state index in [1.54, 1.807) is 24.3 Å². The lowest BCUT2D eigenvalue weighted by molar-refractivity contribution is 0.0695. The molecule has 1 aromatic carbocycles. The zero-order valence-corrected chi connectivity index (χ0v) is 7.68. The van der Waals surface area contributed by atoms with Crippen molar-refractivity contribution in [1.82, 2.24) is 9.78 Å². The standard InChI is InChI=1S/C10H8N2O3/c13-9-8(10(14)15)6-11-12(9)7-4-2-1-3-5-7/h1-6,11H,(H,14,15). The number of hydrogen-bond acceptors (Lipinski definition) is 2. The van der Waals surface area contributed by atoms with Gasteiger partial charge in [-0.3, -0.25) is 9.89 Å². The van der Waals surface area contributed by atoms with E-state index in [0.29, 0.717) is 5.69 Å². The van der Waals surface area contributed by atoms with Crippen LogP contribution in [-0.4, -0.2) is 20.9 Å². The minimum atomic E-state index is -1.23. The van der Waals surface area contributed by atoms with Crippen LogP contribution in [0.4, 0.5) is 0 Å². The van der Waals surface area contributed by atoms with Crippen molar-refractivity contribution in [3.8, 4) is 5.69 Å². The Morgan fingerprint density at radius 3 is 2.47 bits per heavy atom. The van der Waals surface area contributed by atoms with Crippen LogP contribution in [0.25, 0.3) is 5.69 Å². The van der Waals surface area contributed by atoms with Crippen molar-refractivity contribution in [2.24, 2.45) is 0 Å². The van der Waals surface area contributed by atoms with Crippen LogP contribution in [0.1, 0.15) is 10.4 Å². The van der Waals surface area contributed by atoms with E-state index < -0.39 is 11.5 Å². The smallest absolute Gasteiger partial charge is 0.342 e. The van der Waals surface area contributed by atoms with Gasteiger partial charge < -0.3 is 5.11 Å². The van der Waals surface area contributed by atoms with Gasteiger partial charge in [-0.25, -0.2) is 9.48 Å². The number of carboxylic acid groups (broad SMARTS) is 1. The van der Waals surface area contributed by atoms with Gasteiger partial charge in [-0.1, -0.05) is 18.2 Å². The molecular formula is C10H8N2O3. The highest BCUT2D eigenvalue weighted by Gasteiger charge is 2.13. The van der Waals surface area contributed by atoms with Gasteiger partial charge in [0.1, 0.15) is 5.56 Å². The quantitative estimate of drug-likeness (QED) is 0.761. The number of aromatic carboxylic acids is 1. The number of H-pyrrole nitrogens is 1. The first kappa shape index (κ1) is 9.26. The molecule has 0 aliphatic carbocycles. The Hall–Kier alpha value is -2.30. The largest absolute Gasteiger partial charge is 0.477 e. The molecule has 76 valence electrons. The Morgan fingerprint density at radius 1 is 1.27 bits per heavy atom. The summed E-state index contributed by atoms with van der Waals surface area (Å²) < 4.78 is 1.18. The van der Waals surface area contributed by atoms with E-state index in [-0.39, 0.29) is 5.56 Å². The number of benzene rings is 1. The van der Waals surface area contributed by atoms with E-state index in [4.69, 9.17) is 5.11 Å². The van der Waals surface area contributed by atoms with Crippen LogP contribution in [0, 0.1) is 0 Å². The van der Waals surface area contributed by atoms with Gasteiger partial charge in [0.05, 0.1) is 5.69 Å². The Bertz CT molecular complexity index is 539. The predicted molar refractivity (Wildman–Crippen MR) is 53.3 cm³/mol. The molecule has 1 heterocycles. The number of rotatable bonds is 2. The summed E-state index contributed by atoms with van der Waals surface area (Å²) in [5.41, 5.74) is -0.220. The molecule has 0 aliphatic heterocycles. The minimum Gasteiger partial charge on any atom is -0.477 e. The summed E-state index contributed by atoms with van der Waals surface area (Å²) in [6.45, 7) is 0. The van der Waals surface area contributed by atoms with E-state index in [9.17, 15) is 9.59 Å². The van der Waals surface area contributed by atoms with Gasteiger partial charge in [0, 0.05) is 6.20 Å². The molecule has 0 radical (unpaired) electrons. The van der Waals surface area contributed by atoms with Gasteiger partial charge in [-0.2, -0.15) is 0 Å². The second kappa shape index (κ2) is 3.45. The maximum Gasteiger partial charge on any atom is 0.342 e. The van der Waals surface area contributed by atoms with E-state index >= 15 is 0 Å². The first-order chi connectivity index (χ1) is 7.20. The average Bonchev–Trinajstić information content (AvgIpc) is 2.61. The van der Waals surface area contributed by atoms with Crippen molar-refractivity contribution in [1.29, 1.82) is 0 Å². The molecule has 2 aromatic rings. The van der Waals surface area contributed by atoms with Crippen molar-refractivity contribution in [3.63, 3.8) is 0 Å². The number of aromatic amines is 1. The highest BCUT2D eigenvalue weighted by molar-refractivity contribution is 5.86. The molecule has 0 spiro atoms. The van der Waals surface area contributed by atoms with Crippen LogP contribution in [0.2, 0.25) is 0 Å². The maximum atomic E-state index is 11.6. The molecule has 0 fully saturated rings. The normalized spacial score (nSPS) is 10.1. The van der Waals surface area contributed by atoms with Crippen molar-refractivity contribution in [2.45, 2.75) is 0 Å². The summed E-state index contributed by atoms with van der Waals surface area (Å²) in [4.78, 5) is 22.2. The van der Waals surface area contributed by atoms with E-state index in [0.717, 1.165) is 0 Å². The molecule has 0 saturated carbocycles. The van der Waals surface area contributed by atoms with Crippen LogP contribution in [0.15, 0.2) is 41.3 Å². The van der Waals surface area contributed by atoms with Crippen molar-refractivity contribution in [2.75, 3.05) is 0 Å². The highest BCUT2D eigenvalue weighted by Crippen LogP contribution is 2.02. The van der Waals surface area contributed by atoms with Gasteiger partial charge in [0.2, 0.25) is 0 Å². The minimum absolute atomic E-state index is 0.265. The number of nitrogens with zero attached hydrogens (tertiary/aromatic N) is 1. The highest BCUT2D eigenvalue weighted by atomic mass is 16.4. The Balaban J connectivity index is 2.57. The molecule has 0 bridgehead atoms. The Morgan fingerprint density at radius 2 is 1.93 bits per heavy atom. The van der Waals surface area contributed by atoms with Gasteiger partial charge in [-0.05, 0) is 12.1 Å². The lowest BCUT2D eigenvalue weighted by Gasteiger charge is -1.98. The third-order valence-electron chi connectivity index (χ3n) is 2.02.